The molecule has 0 N–H and O–H groups in total. The van der Waals surface area contributed by atoms with Gasteiger partial charge in [0.15, 0.2) is 0 Å². The van der Waals surface area contributed by atoms with E-state index in [0.717, 1.165) is 31.6 Å². The molecule has 0 spiro atoms. The molecule has 17 heavy (non-hydrogen) atoms. The molecular weight excluding hydrogens is 284 g/mol. The van der Waals surface area contributed by atoms with Crippen molar-refractivity contribution in [2.24, 2.45) is 11.3 Å². The molecule has 0 amide bonds. The van der Waals surface area contributed by atoms with E-state index >= 15 is 0 Å². The Labute approximate surface area is 114 Å². The van der Waals surface area contributed by atoms with Gasteiger partial charge < -0.3 is 14.2 Å². The Morgan fingerprint density at radius 3 is 2.18 bits per heavy atom. The first kappa shape index (κ1) is 17.4. The van der Waals surface area contributed by atoms with E-state index in [4.69, 9.17) is 14.2 Å². The van der Waals surface area contributed by atoms with Gasteiger partial charge in [-0.2, -0.15) is 0 Å². The minimum absolute atomic E-state index is 0.281. The Morgan fingerprint density at radius 2 is 1.65 bits per heavy atom. The lowest BCUT2D eigenvalue weighted by Gasteiger charge is -2.28. The highest BCUT2D eigenvalue weighted by atomic mass is 79.9. The highest BCUT2D eigenvalue weighted by Gasteiger charge is 2.23. The van der Waals surface area contributed by atoms with Crippen LogP contribution in [-0.2, 0) is 14.2 Å². The fraction of sp³-hybridized carbons (Fsp3) is 1.00. The molecule has 0 aliphatic rings. The van der Waals surface area contributed by atoms with Gasteiger partial charge >= 0.3 is 0 Å². The van der Waals surface area contributed by atoms with Crippen LogP contribution in [-0.4, -0.2) is 45.5 Å². The zero-order valence-electron chi connectivity index (χ0n) is 11.6. The Bertz CT molecular complexity index is 169. The van der Waals surface area contributed by atoms with Crippen LogP contribution < -0.4 is 0 Å². The molecule has 3 nitrogen and oxygen atoms in total. The Hall–Kier alpha value is 0.360. The monoisotopic (exact) mass is 310 g/mol. The molecule has 0 aliphatic carbocycles. The van der Waals surface area contributed by atoms with Crippen LogP contribution in [0.3, 0.4) is 0 Å². The first-order valence-corrected chi connectivity index (χ1v) is 7.35. The van der Waals surface area contributed by atoms with Crippen LogP contribution >= 0.6 is 15.9 Å². The maximum atomic E-state index is 5.63. The number of hydrogen-bond donors (Lipinski definition) is 0. The van der Waals surface area contributed by atoms with E-state index in [1.807, 2.05) is 0 Å². The summed E-state index contributed by atoms with van der Waals surface area (Å²) in [6.07, 6.45) is 0.947. The molecule has 0 saturated carbocycles. The SMILES string of the molecule is COCCCOCCOCC(CBr)C(C)(C)C. The molecule has 0 saturated heterocycles. The smallest absolute Gasteiger partial charge is 0.0700 e. The molecule has 4 heteroatoms. The number of halogens is 1. The normalized spacial score (nSPS) is 13.9. The van der Waals surface area contributed by atoms with E-state index in [2.05, 4.69) is 36.7 Å². The standard InChI is InChI=1S/C13H27BrO3/c1-13(2,3)12(10-14)11-17-9-8-16-7-5-6-15-4/h12H,5-11H2,1-4H3. The van der Waals surface area contributed by atoms with Crippen molar-refractivity contribution in [3.63, 3.8) is 0 Å². The average Bonchev–Trinajstić information content (AvgIpc) is 2.25. The third kappa shape index (κ3) is 10.0. The van der Waals surface area contributed by atoms with E-state index in [0.29, 0.717) is 19.1 Å². The minimum atomic E-state index is 0.281. The molecule has 0 rings (SSSR count). The third-order valence-electron chi connectivity index (χ3n) is 2.74. The first-order chi connectivity index (χ1) is 8.02. The number of methoxy groups -OCH3 is 1. The van der Waals surface area contributed by atoms with Crippen LogP contribution in [0.2, 0.25) is 0 Å². The molecule has 1 atom stereocenters. The molecule has 104 valence electrons. The van der Waals surface area contributed by atoms with Gasteiger partial charge in [-0.25, -0.2) is 0 Å². The van der Waals surface area contributed by atoms with Crippen molar-refractivity contribution < 1.29 is 14.2 Å². The summed E-state index contributed by atoms with van der Waals surface area (Å²) in [4.78, 5) is 0. The maximum Gasteiger partial charge on any atom is 0.0700 e. The molecule has 0 aromatic rings. The topological polar surface area (TPSA) is 27.7 Å². The second-order valence-electron chi connectivity index (χ2n) is 5.25. The van der Waals surface area contributed by atoms with Gasteiger partial charge in [-0.15, -0.1) is 0 Å². The third-order valence-corrected chi connectivity index (χ3v) is 3.52. The van der Waals surface area contributed by atoms with E-state index in [1.54, 1.807) is 7.11 Å². The van der Waals surface area contributed by atoms with Crippen molar-refractivity contribution in [3.8, 4) is 0 Å². The summed E-state index contributed by atoms with van der Waals surface area (Å²) in [6.45, 7) is 10.4. The second-order valence-corrected chi connectivity index (χ2v) is 5.90. The van der Waals surface area contributed by atoms with Gasteiger partial charge in [0.1, 0.15) is 0 Å². The first-order valence-electron chi connectivity index (χ1n) is 6.22. The molecule has 1 unspecified atom stereocenters. The number of rotatable bonds is 10. The largest absolute Gasteiger partial charge is 0.385 e. The number of hydrogen-bond acceptors (Lipinski definition) is 3. The summed E-state index contributed by atoms with van der Waals surface area (Å²) < 4.78 is 16.0. The quantitative estimate of drug-likeness (QED) is 0.458. The number of ether oxygens (including phenoxy) is 3. The van der Waals surface area contributed by atoms with Gasteiger partial charge in [-0.05, 0) is 17.8 Å². The molecule has 0 bridgehead atoms. The Kier molecular flexibility index (Phi) is 10.5. The second kappa shape index (κ2) is 10.3. The predicted octanol–water partition coefficient (Wildman–Crippen LogP) is 3.11. The van der Waals surface area contributed by atoms with Crippen molar-refractivity contribution in [3.05, 3.63) is 0 Å². The number of alkyl halides is 1. The van der Waals surface area contributed by atoms with Crippen LogP contribution in [0.5, 0.6) is 0 Å². The summed E-state index contributed by atoms with van der Waals surface area (Å²) in [5, 5.41) is 0.977. The zero-order valence-corrected chi connectivity index (χ0v) is 13.2. The highest BCUT2D eigenvalue weighted by molar-refractivity contribution is 9.09. The van der Waals surface area contributed by atoms with Crippen LogP contribution in [0, 0.1) is 11.3 Å². The molecule has 0 aromatic heterocycles. The summed E-state index contributed by atoms with van der Waals surface area (Å²) >= 11 is 3.54. The molecule has 0 fully saturated rings. The molecule has 0 aromatic carbocycles. The van der Waals surface area contributed by atoms with Crippen LogP contribution in [0.4, 0.5) is 0 Å². The molecule has 0 radical (unpaired) electrons. The summed E-state index contributed by atoms with van der Waals surface area (Å²) in [7, 11) is 1.70. The maximum absolute atomic E-state index is 5.63. The average molecular weight is 311 g/mol. The van der Waals surface area contributed by atoms with Crippen molar-refractivity contribution >= 4 is 15.9 Å². The van der Waals surface area contributed by atoms with Crippen LogP contribution in [0.15, 0.2) is 0 Å². The Morgan fingerprint density at radius 1 is 1.00 bits per heavy atom. The van der Waals surface area contributed by atoms with Gasteiger partial charge in [-0.3, -0.25) is 0 Å². The summed E-state index contributed by atoms with van der Waals surface area (Å²) in [5.74, 6) is 0.538. The zero-order chi connectivity index (χ0) is 13.1. The Balaban J connectivity index is 3.38. The molecule has 0 aliphatic heterocycles. The lowest BCUT2D eigenvalue weighted by Crippen LogP contribution is -2.27. The molecule has 0 heterocycles. The van der Waals surface area contributed by atoms with Gasteiger partial charge in [0.25, 0.3) is 0 Å². The lowest BCUT2D eigenvalue weighted by molar-refractivity contribution is 0.0152. The van der Waals surface area contributed by atoms with Crippen LogP contribution in [0.25, 0.3) is 0 Å². The van der Waals surface area contributed by atoms with Gasteiger partial charge in [-0.1, -0.05) is 36.7 Å². The van der Waals surface area contributed by atoms with E-state index in [9.17, 15) is 0 Å². The van der Waals surface area contributed by atoms with E-state index in [-0.39, 0.29) is 5.41 Å². The van der Waals surface area contributed by atoms with Crippen molar-refractivity contribution in [1.29, 1.82) is 0 Å². The lowest BCUT2D eigenvalue weighted by atomic mass is 9.83. The van der Waals surface area contributed by atoms with Gasteiger partial charge in [0, 0.05) is 25.7 Å². The van der Waals surface area contributed by atoms with Crippen molar-refractivity contribution in [2.75, 3.05) is 45.5 Å². The summed E-state index contributed by atoms with van der Waals surface area (Å²) in [6, 6.07) is 0. The van der Waals surface area contributed by atoms with Crippen LogP contribution in [0.1, 0.15) is 27.2 Å². The van der Waals surface area contributed by atoms with Crippen molar-refractivity contribution in [2.45, 2.75) is 27.2 Å². The summed E-state index contributed by atoms with van der Waals surface area (Å²) in [5.41, 5.74) is 0.281. The van der Waals surface area contributed by atoms with E-state index in [1.165, 1.54) is 0 Å². The van der Waals surface area contributed by atoms with Gasteiger partial charge in [0.05, 0.1) is 19.8 Å². The minimum Gasteiger partial charge on any atom is -0.385 e. The fourth-order valence-corrected chi connectivity index (χ4v) is 2.43. The molecular formula is C13H27BrO3. The predicted molar refractivity (Wildman–Crippen MR) is 74.9 cm³/mol. The van der Waals surface area contributed by atoms with Crippen molar-refractivity contribution in [1.82, 2.24) is 0 Å². The highest BCUT2D eigenvalue weighted by Crippen LogP contribution is 2.27. The fourth-order valence-electron chi connectivity index (χ4n) is 1.28. The van der Waals surface area contributed by atoms with E-state index < -0.39 is 0 Å². The van der Waals surface area contributed by atoms with Gasteiger partial charge in [0.2, 0.25) is 0 Å².